The highest BCUT2D eigenvalue weighted by Gasteiger charge is 2.20. The maximum Gasteiger partial charge on any atom is 0.254 e. The third kappa shape index (κ3) is 1.71. The molecule has 0 saturated heterocycles. The van der Waals surface area contributed by atoms with E-state index in [4.69, 9.17) is 5.73 Å². The van der Waals surface area contributed by atoms with Gasteiger partial charge >= 0.3 is 0 Å². The lowest BCUT2D eigenvalue weighted by Crippen LogP contribution is -2.16. The van der Waals surface area contributed by atoms with Gasteiger partial charge in [0.25, 0.3) is 5.91 Å². The van der Waals surface area contributed by atoms with Crippen molar-refractivity contribution in [1.82, 2.24) is 19.3 Å². The van der Waals surface area contributed by atoms with Crippen molar-refractivity contribution >= 4 is 5.91 Å². The van der Waals surface area contributed by atoms with Crippen molar-refractivity contribution in [3.63, 3.8) is 0 Å². The minimum atomic E-state index is -0.471. The molecule has 2 N–H and O–H groups in total. The second kappa shape index (κ2) is 4.04. The zero-order valence-electron chi connectivity index (χ0n) is 10.1. The number of imidazole rings is 1. The molecule has 90 valence electrons. The minimum absolute atomic E-state index is 0.445. The van der Waals surface area contributed by atoms with Crippen molar-refractivity contribution in [1.29, 1.82) is 0 Å². The summed E-state index contributed by atoms with van der Waals surface area (Å²) in [6.07, 6.45) is 4.28. The van der Waals surface area contributed by atoms with Gasteiger partial charge in [-0.1, -0.05) is 6.92 Å². The number of aromatic nitrogens is 4. The predicted molar refractivity (Wildman–Crippen MR) is 63.0 cm³/mol. The number of nitrogens with zero attached hydrogens (tertiary/aromatic N) is 4. The Bertz CT molecular complexity index is 566. The summed E-state index contributed by atoms with van der Waals surface area (Å²) < 4.78 is 3.50. The number of carbonyl (C=O) groups is 1. The SMILES string of the molecule is CCc1nccn1-c1c(C(N)=O)c(C)nn1C. The molecule has 0 aliphatic rings. The average molecular weight is 233 g/mol. The smallest absolute Gasteiger partial charge is 0.254 e. The van der Waals surface area contributed by atoms with E-state index < -0.39 is 5.91 Å². The first-order valence-electron chi connectivity index (χ1n) is 5.42. The normalized spacial score (nSPS) is 10.8. The van der Waals surface area contributed by atoms with Gasteiger partial charge in [-0.05, 0) is 6.92 Å². The van der Waals surface area contributed by atoms with E-state index in [9.17, 15) is 4.79 Å². The molecule has 0 aliphatic heterocycles. The molecule has 17 heavy (non-hydrogen) atoms. The second-order valence-corrected chi connectivity index (χ2v) is 3.84. The number of rotatable bonds is 3. The fourth-order valence-corrected chi connectivity index (χ4v) is 2.00. The van der Waals surface area contributed by atoms with Gasteiger partial charge in [-0.2, -0.15) is 5.10 Å². The summed E-state index contributed by atoms with van der Waals surface area (Å²) in [5.74, 6) is 1.07. The van der Waals surface area contributed by atoms with Gasteiger partial charge in [0, 0.05) is 25.9 Å². The van der Waals surface area contributed by atoms with E-state index in [0.29, 0.717) is 17.1 Å². The highest BCUT2D eigenvalue weighted by Crippen LogP contribution is 2.18. The molecule has 1 amide bonds. The lowest BCUT2D eigenvalue weighted by atomic mass is 10.2. The number of hydrogen-bond acceptors (Lipinski definition) is 3. The fourth-order valence-electron chi connectivity index (χ4n) is 2.00. The van der Waals surface area contributed by atoms with Crippen molar-refractivity contribution in [3.8, 4) is 5.82 Å². The van der Waals surface area contributed by atoms with Gasteiger partial charge in [0.1, 0.15) is 17.2 Å². The molecule has 2 aromatic heterocycles. The van der Waals surface area contributed by atoms with Crippen molar-refractivity contribution in [2.75, 3.05) is 0 Å². The van der Waals surface area contributed by atoms with Crippen LogP contribution in [0.3, 0.4) is 0 Å². The summed E-state index contributed by atoms with van der Waals surface area (Å²) in [6, 6.07) is 0. The van der Waals surface area contributed by atoms with Crippen molar-refractivity contribution in [2.24, 2.45) is 12.8 Å². The summed E-state index contributed by atoms with van der Waals surface area (Å²) in [4.78, 5) is 15.7. The van der Waals surface area contributed by atoms with E-state index in [1.165, 1.54) is 0 Å². The molecule has 0 saturated carbocycles. The first kappa shape index (κ1) is 11.4. The number of carbonyl (C=O) groups excluding carboxylic acids is 1. The Balaban J connectivity index is 2.71. The molecule has 0 bridgehead atoms. The summed E-state index contributed by atoms with van der Waals surface area (Å²) in [5, 5.41) is 4.23. The van der Waals surface area contributed by atoms with Crippen LogP contribution in [-0.2, 0) is 13.5 Å². The summed E-state index contributed by atoms with van der Waals surface area (Å²) in [6.45, 7) is 3.78. The van der Waals surface area contributed by atoms with Crippen LogP contribution in [0.25, 0.3) is 5.82 Å². The Morgan fingerprint density at radius 1 is 1.53 bits per heavy atom. The molecule has 6 nitrogen and oxygen atoms in total. The molecule has 2 aromatic rings. The van der Waals surface area contributed by atoms with Gasteiger partial charge in [-0.25, -0.2) is 4.98 Å². The molecular weight excluding hydrogens is 218 g/mol. The van der Waals surface area contributed by atoms with Crippen LogP contribution in [0.15, 0.2) is 12.4 Å². The molecule has 6 heteroatoms. The molecular formula is C11H15N5O. The highest BCUT2D eigenvalue weighted by atomic mass is 16.1. The Kier molecular flexibility index (Phi) is 2.71. The van der Waals surface area contributed by atoms with Crippen molar-refractivity contribution in [3.05, 3.63) is 29.5 Å². The van der Waals surface area contributed by atoms with Crippen LogP contribution in [0.5, 0.6) is 0 Å². The van der Waals surface area contributed by atoms with Crippen LogP contribution >= 0.6 is 0 Å². The van der Waals surface area contributed by atoms with Crippen LogP contribution in [0.2, 0.25) is 0 Å². The third-order valence-electron chi connectivity index (χ3n) is 2.70. The number of nitrogens with two attached hydrogens (primary N) is 1. The topological polar surface area (TPSA) is 78.7 Å². The largest absolute Gasteiger partial charge is 0.365 e. The van der Waals surface area contributed by atoms with Gasteiger partial charge in [-0.3, -0.25) is 14.0 Å². The Hall–Kier alpha value is -2.11. The van der Waals surface area contributed by atoms with Gasteiger partial charge in [0.2, 0.25) is 0 Å². The second-order valence-electron chi connectivity index (χ2n) is 3.84. The van der Waals surface area contributed by atoms with Gasteiger partial charge in [0.05, 0.1) is 5.69 Å². The molecule has 0 unspecified atom stereocenters. The van der Waals surface area contributed by atoms with E-state index >= 15 is 0 Å². The minimum Gasteiger partial charge on any atom is -0.365 e. The number of aryl methyl sites for hydroxylation is 3. The fraction of sp³-hybridized carbons (Fsp3) is 0.364. The van der Waals surface area contributed by atoms with Gasteiger partial charge in [-0.15, -0.1) is 0 Å². The van der Waals surface area contributed by atoms with E-state index in [0.717, 1.165) is 12.2 Å². The standard InChI is InChI=1S/C11H15N5O/c1-4-8-13-5-6-16(8)11-9(10(12)17)7(2)14-15(11)3/h5-6H,4H2,1-3H3,(H2,12,17). The first-order valence-corrected chi connectivity index (χ1v) is 5.42. The Morgan fingerprint density at radius 3 is 2.82 bits per heavy atom. The first-order chi connectivity index (χ1) is 8.06. The van der Waals surface area contributed by atoms with E-state index in [1.54, 1.807) is 24.9 Å². The van der Waals surface area contributed by atoms with Crippen LogP contribution < -0.4 is 5.73 Å². The van der Waals surface area contributed by atoms with Crippen LogP contribution in [0, 0.1) is 6.92 Å². The molecule has 0 fully saturated rings. The molecule has 2 heterocycles. The van der Waals surface area contributed by atoms with Crippen LogP contribution in [0.4, 0.5) is 0 Å². The quantitative estimate of drug-likeness (QED) is 0.842. The lowest BCUT2D eigenvalue weighted by Gasteiger charge is -2.08. The zero-order valence-corrected chi connectivity index (χ0v) is 10.1. The summed E-state index contributed by atoms with van der Waals surface area (Å²) in [7, 11) is 1.79. The van der Waals surface area contributed by atoms with Crippen molar-refractivity contribution < 1.29 is 4.79 Å². The zero-order chi connectivity index (χ0) is 12.6. The maximum atomic E-state index is 11.5. The van der Waals surface area contributed by atoms with Crippen LogP contribution in [0.1, 0.15) is 28.8 Å². The summed E-state index contributed by atoms with van der Waals surface area (Å²) in [5.41, 5.74) is 6.48. The third-order valence-corrected chi connectivity index (χ3v) is 2.70. The predicted octanol–water partition coefficient (Wildman–Crippen LogP) is 0.576. The molecule has 0 atom stereocenters. The van der Waals surface area contributed by atoms with E-state index in [1.807, 2.05) is 17.7 Å². The lowest BCUT2D eigenvalue weighted by molar-refractivity contribution is 0.0999. The molecule has 0 radical (unpaired) electrons. The average Bonchev–Trinajstić information content (AvgIpc) is 2.81. The Labute approximate surface area is 99.1 Å². The number of hydrogen-bond donors (Lipinski definition) is 1. The summed E-state index contributed by atoms with van der Waals surface area (Å²) >= 11 is 0. The number of primary amides is 1. The monoisotopic (exact) mass is 233 g/mol. The van der Waals surface area contributed by atoms with Gasteiger partial charge in [0.15, 0.2) is 0 Å². The molecule has 0 aliphatic carbocycles. The Morgan fingerprint density at radius 2 is 2.24 bits per heavy atom. The van der Waals surface area contributed by atoms with Crippen LogP contribution in [-0.4, -0.2) is 25.2 Å². The maximum absolute atomic E-state index is 11.5. The molecule has 2 rings (SSSR count). The molecule has 0 aromatic carbocycles. The van der Waals surface area contributed by atoms with E-state index in [-0.39, 0.29) is 0 Å². The van der Waals surface area contributed by atoms with Crippen molar-refractivity contribution in [2.45, 2.75) is 20.3 Å². The molecule has 0 spiro atoms. The highest BCUT2D eigenvalue weighted by molar-refractivity contribution is 5.97. The number of amides is 1. The van der Waals surface area contributed by atoms with E-state index in [2.05, 4.69) is 10.1 Å². The van der Waals surface area contributed by atoms with Gasteiger partial charge < -0.3 is 5.73 Å².